The summed E-state index contributed by atoms with van der Waals surface area (Å²) in [6, 6.07) is -8.30. The monoisotopic (exact) mass is 824 g/mol. The van der Waals surface area contributed by atoms with Gasteiger partial charge in [0.1, 0.15) is 36.3 Å². The SMILES string of the molecule is CC(C)[C@@H]1NC(=O)[C@@H](C(C)C)NC(=O)[C@@H](NC(=O)CCCCCCCCCCCN=C(N)N)CN(C)C(=O)[C@@H](C)NC(=O)[C@@H](CC(N)=O)NC(=O)[C@@H]([C@@H](C)O)NC1=O. The number of carbonyl (C=O) groups is 8. The molecule has 1 heterocycles. The minimum absolute atomic E-state index is 0.0990. The molecular weight excluding hydrogens is 754 g/mol. The van der Waals surface area contributed by atoms with Crippen LogP contribution in [0.4, 0.5) is 0 Å². The highest BCUT2D eigenvalue weighted by atomic mass is 16.3. The molecule has 330 valence electrons. The van der Waals surface area contributed by atoms with E-state index < -0.39 is 108 Å². The van der Waals surface area contributed by atoms with Gasteiger partial charge in [0.05, 0.1) is 12.5 Å². The van der Waals surface area contributed by atoms with Gasteiger partial charge < -0.3 is 59.1 Å². The van der Waals surface area contributed by atoms with Crippen molar-refractivity contribution in [2.45, 2.75) is 155 Å². The summed E-state index contributed by atoms with van der Waals surface area (Å²) < 4.78 is 0. The van der Waals surface area contributed by atoms with Crippen LogP contribution in [-0.2, 0) is 38.4 Å². The van der Waals surface area contributed by atoms with Crippen LogP contribution < -0.4 is 49.1 Å². The first-order valence-corrected chi connectivity index (χ1v) is 20.2. The molecule has 0 radical (unpaired) electrons. The van der Waals surface area contributed by atoms with Gasteiger partial charge in [0.15, 0.2) is 5.96 Å². The Morgan fingerprint density at radius 3 is 1.66 bits per heavy atom. The molecule has 1 fully saturated rings. The topological polar surface area (TPSA) is 323 Å². The summed E-state index contributed by atoms with van der Waals surface area (Å²) in [6.45, 7) is 9.43. The van der Waals surface area contributed by atoms with E-state index in [1.165, 1.54) is 20.9 Å². The fourth-order valence-electron chi connectivity index (χ4n) is 6.26. The molecule has 0 aliphatic carbocycles. The highest BCUT2D eigenvalue weighted by Gasteiger charge is 2.37. The molecule has 20 heteroatoms. The number of hydrogen-bond acceptors (Lipinski definition) is 10. The molecule has 1 saturated heterocycles. The summed E-state index contributed by atoms with van der Waals surface area (Å²) in [5.41, 5.74) is 16.0. The van der Waals surface area contributed by atoms with Crippen molar-refractivity contribution in [2.75, 3.05) is 20.1 Å². The van der Waals surface area contributed by atoms with E-state index in [0.717, 1.165) is 56.3 Å². The van der Waals surface area contributed by atoms with Crippen LogP contribution in [0.1, 0.15) is 112 Å². The zero-order valence-electron chi connectivity index (χ0n) is 35.2. The van der Waals surface area contributed by atoms with Crippen LogP contribution in [-0.4, -0.2) is 126 Å². The first-order chi connectivity index (χ1) is 27.2. The molecule has 0 unspecified atom stereocenters. The van der Waals surface area contributed by atoms with E-state index in [2.05, 4.69) is 36.9 Å². The number of nitrogens with two attached hydrogens (primary N) is 3. The third kappa shape index (κ3) is 19.0. The van der Waals surface area contributed by atoms with Crippen LogP contribution in [0.2, 0.25) is 0 Å². The molecule has 20 nitrogen and oxygen atoms in total. The van der Waals surface area contributed by atoms with Crippen molar-refractivity contribution in [1.82, 2.24) is 36.8 Å². The molecule has 1 aliphatic rings. The number of aliphatic hydroxyl groups is 1. The molecule has 0 spiro atoms. The second kappa shape index (κ2) is 26.1. The van der Waals surface area contributed by atoms with Gasteiger partial charge in [0.2, 0.25) is 47.3 Å². The number of carbonyl (C=O) groups excluding carboxylic acids is 8. The predicted molar refractivity (Wildman–Crippen MR) is 217 cm³/mol. The lowest BCUT2D eigenvalue weighted by Crippen LogP contribution is -2.62. The molecule has 0 saturated carbocycles. The molecule has 0 aromatic heterocycles. The van der Waals surface area contributed by atoms with Crippen LogP contribution in [0.5, 0.6) is 0 Å². The van der Waals surface area contributed by atoms with E-state index in [4.69, 9.17) is 17.2 Å². The second-order valence-electron chi connectivity index (χ2n) is 15.7. The Morgan fingerprint density at radius 2 is 1.17 bits per heavy atom. The van der Waals surface area contributed by atoms with E-state index in [1.807, 2.05) is 0 Å². The molecule has 8 amide bonds. The van der Waals surface area contributed by atoms with Crippen molar-refractivity contribution in [1.29, 1.82) is 0 Å². The Balaban J connectivity index is 3.27. The zero-order chi connectivity index (χ0) is 44.1. The van der Waals surface area contributed by atoms with Crippen LogP contribution in [0.3, 0.4) is 0 Å². The Morgan fingerprint density at radius 1 is 0.707 bits per heavy atom. The van der Waals surface area contributed by atoms with E-state index in [-0.39, 0.29) is 18.9 Å². The predicted octanol–water partition coefficient (Wildman–Crippen LogP) is -1.87. The number of aliphatic hydroxyl groups excluding tert-OH is 1. The van der Waals surface area contributed by atoms with Crippen LogP contribution >= 0.6 is 0 Å². The number of unbranched alkanes of at least 4 members (excludes halogenated alkanes) is 8. The van der Waals surface area contributed by atoms with E-state index in [1.54, 1.807) is 27.7 Å². The Hall–Kier alpha value is -5.01. The molecule has 0 aromatic rings. The highest BCUT2D eigenvalue weighted by Crippen LogP contribution is 2.12. The molecule has 7 atom stereocenters. The van der Waals surface area contributed by atoms with Gasteiger partial charge in [-0.25, -0.2) is 0 Å². The molecule has 0 aromatic carbocycles. The van der Waals surface area contributed by atoms with Gasteiger partial charge >= 0.3 is 0 Å². The Labute approximate surface area is 341 Å². The first-order valence-electron chi connectivity index (χ1n) is 20.2. The lowest BCUT2D eigenvalue weighted by molar-refractivity contribution is -0.138. The number of nitrogens with zero attached hydrogens (tertiary/aromatic N) is 2. The fraction of sp³-hybridized carbons (Fsp3) is 0.763. The third-order valence-electron chi connectivity index (χ3n) is 9.66. The largest absolute Gasteiger partial charge is 0.391 e. The van der Waals surface area contributed by atoms with Crippen LogP contribution in [0, 0.1) is 11.8 Å². The molecule has 1 aliphatic heterocycles. The maximum atomic E-state index is 13.9. The number of likely N-dealkylation sites (N-methyl/N-ethyl adjacent to an activating group) is 1. The maximum Gasteiger partial charge on any atom is 0.245 e. The number of nitrogens with one attached hydrogen (secondary N) is 6. The van der Waals surface area contributed by atoms with Crippen molar-refractivity contribution in [3.05, 3.63) is 0 Å². The van der Waals surface area contributed by atoms with Crippen molar-refractivity contribution in [3.63, 3.8) is 0 Å². The maximum absolute atomic E-state index is 13.9. The molecule has 58 heavy (non-hydrogen) atoms. The summed E-state index contributed by atoms with van der Waals surface area (Å²) in [6.07, 6.45) is 6.41. The number of primary amides is 1. The smallest absolute Gasteiger partial charge is 0.245 e. The lowest BCUT2D eigenvalue weighted by Gasteiger charge is -2.30. The number of aliphatic imine (C=N–C) groups is 1. The van der Waals surface area contributed by atoms with Gasteiger partial charge in [-0.05, 0) is 38.5 Å². The van der Waals surface area contributed by atoms with Gasteiger partial charge in [-0.15, -0.1) is 0 Å². The van der Waals surface area contributed by atoms with Gasteiger partial charge in [0, 0.05) is 26.6 Å². The van der Waals surface area contributed by atoms with Crippen molar-refractivity contribution in [2.24, 2.45) is 34.0 Å². The molecule has 13 N–H and O–H groups in total. The molecule has 1 rings (SSSR count). The Kier molecular flexibility index (Phi) is 22.9. The summed E-state index contributed by atoms with van der Waals surface area (Å²) in [4.78, 5) is 111. The summed E-state index contributed by atoms with van der Waals surface area (Å²) >= 11 is 0. The van der Waals surface area contributed by atoms with E-state index in [0.29, 0.717) is 13.0 Å². The number of hydrogen-bond donors (Lipinski definition) is 10. The first kappa shape index (κ1) is 51.0. The standard InChI is InChI=1S/C38H69N11O9/c1-21(2)29-34(55)47-30(22(3)4)35(56)48-31(24(6)50)36(57)45-25(19-27(39)51)32(53)43-23(5)37(58)49(7)20-26(33(54)46-29)44-28(52)17-15-13-11-9-8-10-12-14-16-18-42-38(40)41/h21-26,29-31,50H,8-20H2,1-7H3,(H2,39,51)(H,43,53)(H,44,52)(H,45,57)(H,46,54)(H,47,55)(H,48,56)(H4,40,41,42)/t23-,24-,25-,26+,29-,30+,31-/m1/s1. The summed E-state index contributed by atoms with van der Waals surface area (Å²) in [7, 11) is 1.36. The Bertz CT molecular complexity index is 1440. The normalized spacial score (nSPS) is 23.7. The summed E-state index contributed by atoms with van der Waals surface area (Å²) in [5, 5.41) is 25.6. The highest BCUT2D eigenvalue weighted by molar-refractivity contribution is 5.98. The average molecular weight is 824 g/mol. The van der Waals surface area contributed by atoms with Crippen LogP contribution in [0.15, 0.2) is 4.99 Å². The average Bonchev–Trinajstić information content (AvgIpc) is 3.12. The molecule has 0 bridgehead atoms. The zero-order valence-corrected chi connectivity index (χ0v) is 35.2. The van der Waals surface area contributed by atoms with E-state index >= 15 is 0 Å². The number of rotatable bonds is 18. The van der Waals surface area contributed by atoms with Crippen molar-refractivity contribution < 1.29 is 43.5 Å². The van der Waals surface area contributed by atoms with Gasteiger partial charge in [0.25, 0.3) is 0 Å². The quantitative estimate of drug-likeness (QED) is 0.0415. The van der Waals surface area contributed by atoms with Gasteiger partial charge in [-0.1, -0.05) is 72.6 Å². The van der Waals surface area contributed by atoms with E-state index in [9.17, 15) is 43.5 Å². The minimum Gasteiger partial charge on any atom is -0.391 e. The number of amides is 8. The van der Waals surface area contributed by atoms with Gasteiger partial charge in [-0.2, -0.15) is 0 Å². The van der Waals surface area contributed by atoms with Gasteiger partial charge in [-0.3, -0.25) is 43.3 Å². The summed E-state index contributed by atoms with van der Waals surface area (Å²) in [5.74, 6) is -7.43. The molecular formula is C38H69N11O9. The fourth-order valence-corrected chi connectivity index (χ4v) is 6.26. The van der Waals surface area contributed by atoms with Crippen molar-refractivity contribution >= 4 is 53.2 Å². The third-order valence-corrected chi connectivity index (χ3v) is 9.66. The minimum atomic E-state index is -1.64. The number of guanidine groups is 1. The lowest BCUT2D eigenvalue weighted by atomic mass is 9.98. The van der Waals surface area contributed by atoms with Crippen molar-refractivity contribution in [3.8, 4) is 0 Å². The van der Waals surface area contributed by atoms with Crippen LogP contribution in [0.25, 0.3) is 0 Å². The second-order valence-corrected chi connectivity index (χ2v) is 15.7.